The van der Waals surface area contributed by atoms with Gasteiger partial charge in [0.25, 0.3) is 0 Å². The summed E-state index contributed by atoms with van der Waals surface area (Å²) in [6.07, 6.45) is 3.10. The van der Waals surface area contributed by atoms with Crippen molar-refractivity contribution in [2.75, 3.05) is 25.5 Å². The summed E-state index contributed by atoms with van der Waals surface area (Å²) in [7, 11) is 1.62. The summed E-state index contributed by atoms with van der Waals surface area (Å²) < 4.78 is 5.13. The molecule has 0 unspecified atom stereocenters. The molecular formula is C23H29N3O3. The fourth-order valence-corrected chi connectivity index (χ4v) is 3.19. The van der Waals surface area contributed by atoms with Crippen LogP contribution < -0.4 is 15.8 Å². The van der Waals surface area contributed by atoms with Crippen molar-refractivity contribution in [1.29, 1.82) is 0 Å². The van der Waals surface area contributed by atoms with Crippen LogP contribution in [-0.2, 0) is 22.6 Å². The van der Waals surface area contributed by atoms with Crippen molar-refractivity contribution < 1.29 is 14.3 Å². The second kappa shape index (κ2) is 10.1. The first-order valence-electron chi connectivity index (χ1n) is 10.1. The van der Waals surface area contributed by atoms with E-state index in [-0.39, 0.29) is 17.7 Å². The molecule has 0 atom stereocenters. The SMILES string of the molecule is COc1ccc(CC(=O)Nc2ccc(CN(CCCN)C(=O)C3CC3)cc2)cc1. The average molecular weight is 396 g/mol. The van der Waals surface area contributed by atoms with Crippen LogP contribution in [0.5, 0.6) is 5.75 Å². The van der Waals surface area contributed by atoms with E-state index in [9.17, 15) is 9.59 Å². The zero-order valence-corrected chi connectivity index (χ0v) is 16.9. The lowest BCUT2D eigenvalue weighted by atomic mass is 10.1. The Morgan fingerprint density at radius 2 is 1.72 bits per heavy atom. The normalized spacial score (nSPS) is 13.0. The number of hydrogen-bond donors (Lipinski definition) is 2. The van der Waals surface area contributed by atoms with Crippen LogP contribution >= 0.6 is 0 Å². The predicted octanol–water partition coefficient (Wildman–Crippen LogP) is 2.96. The van der Waals surface area contributed by atoms with Gasteiger partial charge in [-0.1, -0.05) is 24.3 Å². The zero-order chi connectivity index (χ0) is 20.6. The largest absolute Gasteiger partial charge is 0.497 e. The van der Waals surface area contributed by atoms with Crippen molar-refractivity contribution in [1.82, 2.24) is 4.90 Å². The molecule has 6 nitrogen and oxygen atoms in total. The van der Waals surface area contributed by atoms with E-state index in [1.165, 1.54) is 0 Å². The van der Waals surface area contributed by atoms with Gasteiger partial charge in [-0.2, -0.15) is 0 Å². The fraction of sp³-hybridized carbons (Fsp3) is 0.391. The van der Waals surface area contributed by atoms with Crippen molar-refractivity contribution in [3.8, 4) is 5.75 Å². The van der Waals surface area contributed by atoms with E-state index < -0.39 is 0 Å². The van der Waals surface area contributed by atoms with Gasteiger partial charge in [0.1, 0.15) is 5.75 Å². The Bertz CT molecular complexity index is 814. The van der Waals surface area contributed by atoms with Crippen molar-refractivity contribution in [2.45, 2.75) is 32.2 Å². The Morgan fingerprint density at radius 3 is 2.31 bits per heavy atom. The number of nitrogens with one attached hydrogen (secondary N) is 1. The molecule has 6 heteroatoms. The molecular weight excluding hydrogens is 366 g/mol. The number of nitrogens with zero attached hydrogens (tertiary/aromatic N) is 1. The lowest BCUT2D eigenvalue weighted by Gasteiger charge is -2.23. The number of methoxy groups -OCH3 is 1. The maximum Gasteiger partial charge on any atom is 0.228 e. The van der Waals surface area contributed by atoms with Gasteiger partial charge in [0.15, 0.2) is 0 Å². The third-order valence-corrected chi connectivity index (χ3v) is 5.01. The quantitative estimate of drug-likeness (QED) is 0.648. The van der Waals surface area contributed by atoms with Crippen LogP contribution in [0.3, 0.4) is 0 Å². The van der Waals surface area contributed by atoms with Gasteiger partial charge >= 0.3 is 0 Å². The van der Waals surface area contributed by atoms with Gasteiger partial charge in [-0.15, -0.1) is 0 Å². The number of amides is 2. The summed E-state index contributed by atoms with van der Waals surface area (Å²) in [5.74, 6) is 1.13. The van der Waals surface area contributed by atoms with Gasteiger partial charge in [-0.25, -0.2) is 0 Å². The molecule has 29 heavy (non-hydrogen) atoms. The fourth-order valence-electron chi connectivity index (χ4n) is 3.19. The minimum absolute atomic E-state index is 0.0728. The van der Waals surface area contributed by atoms with Crippen molar-refractivity contribution in [2.24, 2.45) is 11.7 Å². The maximum atomic E-state index is 12.5. The number of hydrogen-bond acceptors (Lipinski definition) is 4. The third-order valence-electron chi connectivity index (χ3n) is 5.01. The van der Waals surface area contributed by atoms with E-state index in [1.807, 2.05) is 53.4 Å². The molecule has 3 N–H and O–H groups in total. The second-order valence-electron chi connectivity index (χ2n) is 7.45. The van der Waals surface area contributed by atoms with E-state index in [1.54, 1.807) is 7.11 Å². The third kappa shape index (κ3) is 6.32. The van der Waals surface area contributed by atoms with Gasteiger partial charge in [-0.05, 0) is 61.2 Å². The van der Waals surface area contributed by atoms with Gasteiger partial charge in [0.2, 0.25) is 11.8 Å². The van der Waals surface area contributed by atoms with E-state index >= 15 is 0 Å². The molecule has 0 aliphatic heterocycles. The summed E-state index contributed by atoms with van der Waals surface area (Å²) in [6, 6.07) is 15.1. The number of carbonyl (C=O) groups excluding carboxylic acids is 2. The Hall–Kier alpha value is -2.86. The van der Waals surface area contributed by atoms with Crippen LogP contribution in [0.4, 0.5) is 5.69 Å². The number of benzene rings is 2. The first kappa shape index (κ1) is 20.9. The van der Waals surface area contributed by atoms with Crippen LogP contribution in [0.2, 0.25) is 0 Å². The van der Waals surface area contributed by atoms with Gasteiger partial charge in [0.05, 0.1) is 13.5 Å². The Kier molecular flexibility index (Phi) is 7.25. The molecule has 0 heterocycles. The summed E-state index contributed by atoms with van der Waals surface area (Å²) in [6.45, 7) is 1.84. The smallest absolute Gasteiger partial charge is 0.228 e. The lowest BCUT2D eigenvalue weighted by molar-refractivity contribution is -0.133. The van der Waals surface area contributed by atoms with Crippen molar-refractivity contribution >= 4 is 17.5 Å². The maximum absolute atomic E-state index is 12.5. The first-order valence-corrected chi connectivity index (χ1v) is 10.1. The summed E-state index contributed by atoms with van der Waals surface area (Å²) in [5, 5.41) is 2.92. The van der Waals surface area contributed by atoms with Crippen molar-refractivity contribution in [3.05, 3.63) is 59.7 Å². The molecule has 2 aromatic carbocycles. The predicted molar refractivity (Wildman–Crippen MR) is 114 cm³/mol. The van der Waals surface area contributed by atoms with Crippen LogP contribution in [0.1, 0.15) is 30.4 Å². The van der Waals surface area contributed by atoms with Gasteiger partial charge < -0.3 is 20.7 Å². The van der Waals surface area contributed by atoms with E-state index in [2.05, 4.69) is 5.32 Å². The molecule has 3 rings (SSSR count). The van der Waals surface area contributed by atoms with Gasteiger partial charge in [-0.3, -0.25) is 9.59 Å². The molecule has 0 aromatic heterocycles. The molecule has 0 spiro atoms. The molecule has 154 valence electrons. The standard InChI is InChI=1S/C23H29N3O3/c1-29-21-11-5-17(6-12-21)15-22(27)25-20-9-3-18(4-10-20)16-26(14-2-13-24)23(28)19-7-8-19/h3-6,9-12,19H,2,7-8,13-16,24H2,1H3,(H,25,27). The number of rotatable bonds is 10. The minimum atomic E-state index is -0.0728. The molecule has 2 aromatic rings. The number of carbonyl (C=O) groups is 2. The molecule has 2 amide bonds. The van der Waals surface area contributed by atoms with E-state index in [0.29, 0.717) is 26.1 Å². The number of ether oxygens (including phenoxy) is 1. The first-order chi connectivity index (χ1) is 14.1. The number of nitrogens with two attached hydrogens (primary N) is 1. The highest BCUT2D eigenvalue weighted by Gasteiger charge is 2.33. The topological polar surface area (TPSA) is 84.7 Å². The molecule has 0 radical (unpaired) electrons. The minimum Gasteiger partial charge on any atom is -0.497 e. The number of anilines is 1. The molecule has 0 bridgehead atoms. The van der Waals surface area contributed by atoms with Crippen LogP contribution in [0.25, 0.3) is 0 Å². The monoisotopic (exact) mass is 395 g/mol. The lowest BCUT2D eigenvalue weighted by Crippen LogP contribution is -2.33. The van der Waals surface area contributed by atoms with Gasteiger partial charge in [0, 0.05) is 24.7 Å². The Morgan fingerprint density at radius 1 is 1.07 bits per heavy atom. The van der Waals surface area contributed by atoms with Crippen LogP contribution in [0, 0.1) is 5.92 Å². The summed E-state index contributed by atoms with van der Waals surface area (Å²) in [4.78, 5) is 26.6. The molecule has 1 fully saturated rings. The summed E-state index contributed by atoms with van der Waals surface area (Å²) in [5.41, 5.74) is 8.33. The second-order valence-corrected chi connectivity index (χ2v) is 7.45. The Balaban J connectivity index is 1.54. The van der Waals surface area contributed by atoms with Crippen LogP contribution in [0.15, 0.2) is 48.5 Å². The molecule has 1 saturated carbocycles. The Labute approximate surface area is 172 Å². The summed E-state index contributed by atoms with van der Waals surface area (Å²) >= 11 is 0. The molecule has 0 saturated heterocycles. The highest BCUT2D eigenvalue weighted by atomic mass is 16.5. The highest BCUT2D eigenvalue weighted by Crippen LogP contribution is 2.31. The van der Waals surface area contributed by atoms with E-state index in [0.717, 1.165) is 41.8 Å². The molecule has 1 aliphatic rings. The van der Waals surface area contributed by atoms with Crippen LogP contribution in [-0.4, -0.2) is 36.9 Å². The average Bonchev–Trinajstić information content (AvgIpc) is 3.58. The highest BCUT2D eigenvalue weighted by molar-refractivity contribution is 5.92. The van der Waals surface area contributed by atoms with E-state index in [4.69, 9.17) is 10.5 Å². The van der Waals surface area contributed by atoms with Crippen molar-refractivity contribution in [3.63, 3.8) is 0 Å². The zero-order valence-electron chi connectivity index (χ0n) is 16.9. The molecule has 1 aliphatic carbocycles.